The summed E-state index contributed by atoms with van der Waals surface area (Å²) in [4.78, 5) is 24.3. The third-order valence-electron chi connectivity index (χ3n) is 3.83. The van der Waals surface area contributed by atoms with Gasteiger partial charge in [0, 0.05) is 6.08 Å². The van der Waals surface area contributed by atoms with Crippen molar-refractivity contribution < 1.29 is 19.0 Å². The second-order valence-corrected chi connectivity index (χ2v) is 5.98. The van der Waals surface area contributed by atoms with Crippen molar-refractivity contribution in [1.82, 2.24) is 15.0 Å². The van der Waals surface area contributed by atoms with Crippen LogP contribution in [-0.2, 0) is 16.3 Å². The van der Waals surface area contributed by atoms with E-state index in [4.69, 9.17) is 25.8 Å². The Morgan fingerprint density at radius 3 is 2.75 bits per heavy atom. The molecule has 0 fully saturated rings. The number of ether oxygens (including phenoxy) is 3. The minimum atomic E-state index is -0.659. The number of rotatable bonds is 6. The molecule has 0 aliphatic heterocycles. The lowest BCUT2D eigenvalue weighted by Gasteiger charge is -2.10. The number of hydrogen-bond donors (Lipinski definition) is 0. The van der Waals surface area contributed by atoms with Crippen LogP contribution in [0, 0.1) is 0 Å². The number of halogens is 1. The smallest absolute Gasteiger partial charge is 0.332 e. The SMILES string of the molecule is COc1cc(C=CC(=O)OCn2nnc3ccccc3c2=O)cc(Cl)c1OC. The lowest BCUT2D eigenvalue weighted by atomic mass is 10.2. The Balaban J connectivity index is 1.70. The Labute approximate surface area is 164 Å². The van der Waals surface area contributed by atoms with Gasteiger partial charge < -0.3 is 14.2 Å². The first-order valence-corrected chi connectivity index (χ1v) is 8.50. The zero-order chi connectivity index (χ0) is 20.1. The Morgan fingerprint density at radius 1 is 1.21 bits per heavy atom. The van der Waals surface area contributed by atoms with Gasteiger partial charge in [0.1, 0.15) is 5.52 Å². The van der Waals surface area contributed by atoms with Gasteiger partial charge in [0.05, 0.1) is 24.6 Å². The summed E-state index contributed by atoms with van der Waals surface area (Å²) in [5.74, 6) is 0.173. The normalized spacial score (nSPS) is 11.0. The van der Waals surface area contributed by atoms with Crippen molar-refractivity contribution in [3.63, 3.8) is 0 Å². The second kappa shape index (κ2) is 8.53. The van der Waals surface area contributed by atoms with Crippen LogP contribution in [0.2, 0.25) is 5.02 Å². The summed E-state index contributed by atoms with van der Waals surface area (Å²) in [7, 11) is 2.96. The molecular formula is C19H16ClN3O5. The summed E-state index contributed by atoms with van der Waals surface area (Å²) in [6.07, 6.45) is 2.71. The van der Waals surface area contributed by atoms with Gasteiger partial charge in [-0.25, -0.2) is 4.79 Å². The molecule has 0 spiro atoms. The van der Waals surface area contributed by atoms with Crippen LogP contribution in [0.25, 0.3) is 17.0 Å². The van der Waals surface area contributed by atoms with Gasteiger partial charge in [0.25, 0.3) is 5.56 Å². The molecule has 1 heterocycles. The molecule has 0 bridgehead atoms. The number of hydrogen-bond acceptors (Lipinski definition) is 7. The fraction of sp³-hybridized carbons (Fsp3) is 0.158. The summed E-state index contributed by atoms with van der Waals surface area (Å²) >= 11 is 6.13. The summed E-state index contributed by atoms with van der Waals surface area (Å²) < 4.78 is 16.4. The maximum atomic E-state index is 12.3. The summed E-state index contributed by atoms with van der Waals surface area (Å²) in [6, 6.07) is 10.1. The number of carbonyl (C=O) groups is 1. The van der Waals surface area contributed by atoms with E-state index in [9.17, 15) is 9.59 Å². The Morgan fingerprint density at radius 2 is 2.00 bits per heavy atom. The third kappa shape index (κ3) is 4.12. The summed E-state index contributed by atoms with van der Waals surface area (Å²) in [5.41, 5.74) is 0.691. The number of aromatic nitrogens is 3. The van der Waals surface area contributed by atoms with Crippen LogP contribution in [0.3, 0.4) is 0 Å². The van der Waals surface area contributed by atoms with Gasteiger partial charge >= 0.3 is 5.97 Å². The molecule has 0 aliphatic carbocycles. The Bertz CT molecular complexity index is 1110. The van der Waals surface area contributed by atoms with Crippen molar-refractivity contribution in [1.29, 1.82) is 0 Å². The van der Waals surface area contributed by atoms with Crippen LogP contribution in [0.15, 0.2) is 47.3 Å². The molecule has 0 atom stereocenters. The predicted octanol–water partition coefficient (Wildman–Crippen LogP) is 2.68. The molecule has 3 aromatic rings. The second-order valence-electron chi connectivity index (χ2n) is 5.58. The molecule has 0 saturated heterocycles. The van der Waals surface area contributed by atoms with Gasteiger partial charge in [-0.15, -0.1) is 5.10 Å². The zero-order valence-electron chi connectivity index (χ0n) is 15.1. The van der Waals surface area contributed by atoms with E-state index in [1.807, 2.05) is 0 Å². The van der Waals surface area contributed by atoms with Gasteiger partial charge in [-0.05, 0) is 35.9 Å². The highest BCUT2D eigenvalue weighted by atomic mass is 35.5. The summed E-state index contributed by atoms with van der Waals surface area (Å²) in [6.45, 7) is -0.355. The van der Waals surface area contributed by atoms with Crippen molar-refractivity contribution in [3.8, 4) is 11.5 Å². The molecule has 0 N–H and O–H groups in total. The molecule has 28 heavy (non-hydrogen) atoms. The van der Waals surface area contributed by atoms with Crippen LogP contribution < -0.4 is 15.0 Å². The molecule has 0 saturated carbocycles. The quantitative estimate of drug-likeness (QED) is 0.463. The van der Waals surface area contributed by atoms with Gasteiger partial charge in [0.2, 0.25) is 0 Å². The number of benzene rings is 2. The molecule has 0 amide bonds. The van der Waals surface area contributed by atoms with E-state index >= 15 is 0 Å². The first-order chi connectivity index (χ1) is 13.5. The van der Waals surface area contributed by atoms with Crippen molar-refractivity contribution in [2.24, 2.45) is 0 Å². The molecule has 3 rings (SSSR count). The predicted molar refractivity (Wildman–Crippen MR) is 103 cm³/mol. The van der Waals surface area contributed by atoms with E-state index in [0.29, 0.717) is 33.0 Å². The van der Waals surface area contributed by atoms with Crippen molar-refractivity contribution >= 4 is 34.5 Å². The van der Waals surface area contributed by atoms with Gasteiger partial charge in [-0.3, -0.25) is 4.79 Å². The van der Waals surface area contributed by atoms with Crippen molar-refractivity contribution in [3.05, 3.63) is 63.4 Å². The topological polar surface area (TPSA) is 92.5 Å². The van der Waals surface area contributed by atoms with E-state index in [1.54, 1.807) is 36.4 Å². The monoisotopic (exact) mass is 401 g/mol. The molecule has 144 valence electrons. The largest absolute Gasteiger partial charge is 0.493 e. The average molecular weight is 402 g/mol. The van der Waals surface area contributed by atoms with Crippen LogP contribution in [-0.4, -0.2) is 35.2 Å². The van der Waals surface area contributed by atoms with Gasteiger partial charge in [-0.1, -0.05) is 28.9 Å². The summed E-state index contributed by atoms with van der Waals surface area (Å²) in [5, 5.41) is 8.41. The standard InChI is InChI=1S/C19H16ClN3O5/c1-26-16-10-12(9-14(20)18(16)27-2)7-8-17(24)28-11-23-19(25)13-5-3-4-6-15(13)21-22-23/h3-10H,11H2,1-2H3. The number of carbonyl (C=O) groups excluding carboxylic acids is 1. The minimum absolute atomic E-state index is 0.341. The first kappa shape index (κ1) is 19.4. The molecule has 9 heteroatoms. The highest BCUT2D eigenvalue weighted by molar-refractivity contribution is 6.32. The molecule has 0 radical (unpaired) electrons. The van der Waals surface area contributed by atoms with E-state index < -0.39 is 11.5 Å². The number of esters is 1. The number of nitrogens with zero attached hydrogens (tertiary/aromatic N) is 3. The van der Waals surface area contributed by atoms with Crippen LogP contribution in [0.5, 0.6) is 11.5 Å². The highest BCUT2D eigenvalue weighted by Crippen LogP contribution is 2.36. The van der Waals surface area contributed by atoms with E-state index in [1.165, 1.54) is 26.4 Å². The first-order valence-electron chi connectivity index (χ1n) is 8.12. The minimum Gasteiger partial charge on any atom is -0.493 e. The lowest BCUT2D eigenvalue weighted by molar-refractivity contribution is -0.141. The average Bonchev–Trinajstić information content (AvgIpc) is 2.71. The Kier molecular flexibility index (Phi) is 5.90. The van der Waals surface area contributed by atoms with Gasteiger partial charge in [0.15, 0.2) is 18.2 Å². The fourth-order valence-corrected chi connectivity index (χ4v) is 2.78. The Hall–Kier alpha value is -3.39. The third-order valence-corrected chi connectivity index (χ3v) is 4.11. The van der Waals surface area contributed by atoms with E-state index in [0.717, 1.165) is 4.68 Å². The molecule has 8 nitrogen and oxygen atoms in total. The van der Waals surface area contributed by atoms with Crippen LogP contribution in [0.1, 0.15) is 5.56 Å². The number of methoxy groups -OCH3 is 2. The van der Waals surface area contributed by atoms with Crippen LogP contribution >= 0.6 is 11.6 Å². The van der Waals surface area contributed by atoms with E-state index in [2.05, 4.69) is 10.3 Å². The molecule has 0 unspecified atom stereocenters. The zero-order valence-corrected chi connectivity index (χ0v) is 15.8. The van der Waals surface area contributed by atoms with Crippen molar-refractivity contribution in [2.45, 2.75) is 6.73 Å². The maximum absolute atomic E-state index is 12.3. The van der Waals surface area contributed by atoms with Crippen molar-refractivity contribution in [2.75, 3.05) is 14.2 Å². The van der Waals surface area contributed by atoms with E-state index in [-0.39, 0.29) is 6.73 Å². The molecule has 0 aliphatic rings. The highest BCUT2D eigenvalue weighted by Gasteiger charge is 2.10. The number of fused-ring (bicyclic) bond motifs is 1. The lowest BCUT2D eigenvalue weighted by Crippen LogP contribution is -2.26. The maximum Gasteiger partial charge on any atom is 0.332 e. The molecule has 2 aromatic carbocycles. The fourth-order valence-electron chi connectivity index (χ4n) is 2.48. The van der Waals surface area contributed by atoms with Crippen LogP contribution in [0.4, 0.5) is 0 Å². The molecular weight excluding hydrogens is 386 g/mol. The molecule has 1 aromatic heterocycles. The van der Waals surface area contributed by atoms with Gasteiger partial charge in [-0.2, -0.15) is 4.68 Å².